The van der Waals surface area contributed by atoms with Crippen LogP contribution in [0.4, 0.5) is 5.00 Å². The zero-order valence-electron chi connectivity index (χ0n) is 15.8. The van der Waals surface area contributed by atoms with E-state index in [4.69, 9.17) is 32.8 Å². The van der Waals surface area contributed by atoms with E-state index >= 15 is 0 Å². The molecule has 1 aromatic carbocycles. The van der Waals surface area contributed by atoms with Crippen molar-refractivity contribution in [3.05, 3.63) is 49.8 Å². The Morgan fingerprint density at radius 1 is 1.21 bits per heavy atom. The number of halogens is 2. The summed E-state index contributed by atoms with van der Waals surface area (Å²) in [5.74, 6) is -0.837. The van der Waals surface area contributed by atoms with Gasteiger partial charge in [0, 0.05) is 4.88 Å². The van der Waals surface area contributed by atoms with Crippen molar-refractivity contribution in [1.82, 2.24) is 0 Å². The number of nitrogens with one attached hydrogen (secondary N) is 1. The van der Waals surface area contributed by atoms with Gasteiger partial charge in [0.25, 0.3) is 5.91 Å². The molecule has 29 heavy (non-hydrogen) atoms. The number of oxime groups is 1. The highest BCUT2D eigenvalue weighted by atomic mass is 35.5. The molecule has 3 rings (SSSR count). The van der Waals surface area contributed by atoms with Gasteiger partial charge in [0.15, 0.2) is 6.61 Å². The van der Waals surface area contributed by atoms with Gasteiger partial charge in [-0.1, -0.05) is 40.8 Å². The van der Waals surface area contributed by atoms with Crippen LogP contribution in [0, 0.1) is 0 Å². The lowest BCUT2D eigenvalue weighted by atomic mass is 10.1. The van der Waals surface area contributed by atoms with Gasteiger partial charge in [-0.25, -0.2) is 4.79 Å². The number of esters is 1. The number of anilines is 1. The molecule has 0 spiro atoms. The van der Waals surface area contributed by atoms with E-state index in [2.05, 4.69) is 10.5 Å². The van der Waals surface area contributed by atoms with Gasteiger partial charge in [0.1, 0.15) is 5.00 Å². The van der Waals surface area contributed by atoms with Gasteiger partial charge in [-0.15, -0.1) is 11.3 Å². The molecular formula is C20H20Cl2N2O4S. The molecule has 154 valence electrons. The van der Waals surface area contributed by atoms with Crippen LogP contribution in [0.25, 0.3) is 0 Å². The van der Waals surface area contributed by atoms with Crippen molar-refractivity contribution < 1.29 is 19.2 Å². The molecule has 6 nitrogen and oxygen atoms in total. The van der Waals surface area contributed by atoms with Crippen molar-refractivity contribution in [2.45, 2.75) is 32.1 Å². The van der Waals surface area contributed by atoms with E-state index in [1.807, 2.05) is 0 Å². The Bertz CT molecular complexity index is 943. The minimum Gasteiger partial charge on any atom is -0.465 e. The van der Waals surface area contributed by atoms with Crippen LogP contribution in [-0.2, 0) is 27.2 Å². The topological polar surface area (TPSA) is 77.0 Å². The normalized spacial score (nSPS) is 13.6. The molecular weight excluding hydrogens is 435 g/mol. The number of benzene rings is 1. The SMILES string of the molecule is COC(=O)c1c(NC(=O)CON=Cc2ccc(Cl)c(Cl)c2)sc2c1CCCCC2. The van der Waals surface area contributed by atoms with Crippen LogP contribution in [0.15, 0.2) is 23.4 Å². The van der Waals surface area contributed by atoms with Crippen molar-refractivity contribution in [2.24, 2.45) is 5.16 Å². The predicted octanol–water partition coefficient (Wildman–Crippen LogP) is 5.10. The lowest BCUT2D eigenvalue weighted by molar-refractivity contribution is -0.120. The number of carbonyl (C=O) groups is 2. The fraction of sp³-hybridized carbons (Fsp3) is 0.350. The molecule has 1 N–H and O–H groups in total. The first-order valence-electron chi connectivity index (χ1n) is 9.12. The number of fused-ring (bicyclic) bond motifs is 1. The third-order valence-corrected chi connectivity index (χ3v) is 6.43. The average molecular weight is 455 g/mol. The molecule has 1 aliphatic rings. The maximum atomic E-state index is 12.3. The number of carbonyl (C=O) groups excluding carboxylic acids is 2. The highest BCUT2D eigenvalue weighted by Gasteiger charge is 2.26. The van der Waals surface area contributed by atoms with Crippen LogP contribution in [0.3, 0.4) is 0 Å². The van der Waals surface area contributed by atoms with Crippen LogP contribution in [0.1, 0.15) is 45.6 Å². The first-order chi connectivity index (χ1) is 14.0. The maximum Gasteiger partial charge on any atom is 0.341 e. The molecule has 0 aliphatic heterocycles. The first-order valence-corrected chi connectivity index (χ1v) is 10.7. The standard InChI is InChI=1S/C20H20Cl2N2O4S/c1-27-20(26)18-13-5-3-2-4-6-16(13)29-19(18)24-17(25)11-28-23-10-12-7-8-14(21)15(22)9-12/h7-10H,2-6,11H2,1H3,(H,24,25). The fourth-order valence-corrected chi connectivity index (χ4v) is 4.70. The lowest BCUT2D eigenvalue weighted by Crippen LogP contribution is -2.18. The van der Waals surface area contributed by atoms with E-state index in [1.165, 1.54) is 24.7 Å². The van der Waals surface area contributed by atoms with Gasteiger partial charge in [-0.3, -0.25) is 4.79 Å². The molecule has 0 saturated heterocycles. The van der Waals surface area contributed by atoms with E-state index < -0.39 is 11.9 Å². The Kier molecular flexibility index (Phi) is 7.52. The Morgan fingerprint density at radius 3 is 2.76 bits per heavy atom. The second-order valence-corrected chi connectivity index (χ2v) is 8.41. The van der Waals surface area contributed by atoms with Gasteiger partial charge >= 0.3 is 5.97 Å². The molecule has 0 bridgehead atoms. The second-order valence-electron chi connectivity index (χ2n) is 6.49. The van der Waals surface area contributed by atoms with E-state index in [0.717, 1.165) is 42.5 Å². The zero-order valence-corrected chi connectivity index (χ0v) is 18.1. The number of ether oxygens (including phenoxy) is 1. The minimum atomic E-state index is -0.432. The largest absolute Gasteiger partial charge is 0.465 e. The zero-order chi connectivity index (χ0) is 20.8. The highest BCUT2D eigenvalue weighted by Crippen LogP contribution is 2.37. The summed E-state index contributed by atoms with van der Waals surface area (Å²) in [6, 6.07) is 5.01. The molecule has 0 fully saturated rings. The smallest absolute Gasteiger partial charge is 0.341 e. The van der Waals surface area contributed by atoms with Crippen LogP contribution < -0.4 is 5.32 Å². The molecule has 0 radical (unpaired) electrons. The molecule has 1 aromatic heterocycles. The van der Waals surface area contributed by atoms with Crippen LogP contribution >= 0.6 is 34.5 Å². The Hall–Kier alpha value is -2.09. The monoisotopic (exact) mass is 454 g/mol. The summed E-state index contributed by atoms with van der Waals surface area (Å²) in [5, 5.41) is 7.88. The summed E-state index contributed by atoms with van der Waals surface area (Å²) in [6.07, 6.45) is 6.39. The first kappa shape index (κ1) is 21.6. The van der Waals surface area contributed by atoms with Gasteiger partial charge in [0.2, 0.25) is 0 Å². The molecule has 1 heterocycles. The van der Waals surface area contributed by atoms with E-state index in [-0.39, 0.29) is 6.61 Å². The van der Waals surface area contributed by atoms with E-state index in [9.17, 15) is 9.59 Å². The summed E-state index contributed by atoms with van der Waals surface area (Å²) < 4.78 is 4.93. The third kappa shape index (κ3) is 5.50. The quantitative estimate of drug-likeness (QED) is 0.285. The highest BCUT2D eigenvalue weighted by molar-refractivity contribution is 7.17. The molecule has 2 aromatic rings. The van der Waals surface area contributed by atoms with Gasteiger partial charge < -0.3 is 14.9 Å². The number of rotatable bonds is 6. The molecule has 0 unspecified atom stereocenters. The number of hydrogen-bond donors (Lipinski definition) is 1. The van der Waals surface area contributed by atoms with Crippen molar-refractivity contribution in [1.29, 1.82) is 0 Å². The summed E-state index contributed by atoms with van der Waals surface area (Å²) in [4.78, 5) is 30.8. The predicted molar refractivity (Wildman–Crippen MR) is 116 cm³/mol. The number of hydrogen-bond acceptors (Lipinski definition) is 6. The molecule has 1 aliphatic carbocycles. The molecule has 1 amide bonds. The van der Waals surface area contributed by atoms with Gasteiger partial charge in [-0.05, 0) is 48.9 Å². The van der Waals surface area contributed by atoms with Gasteiger partial charge in [0.05, 0.1) is 28.9 Å². The van der Waals surface area contributed by atoms with E-state index in [0.29, 0.717) is 26.2 Å². The van der Waals surface area contributed by atoms with Crippen LogP contribution in [0.5, 0.6) is 0 Å². The summed E-state index contributed by atoms with van der Waals surface area (Å²) in [5.41, 5.74) is 2.14. The van der Waals surface area contributed by atoms with Crippen molar-refractivity contribution in [2.75, 3.05) is 19.0 Å². The third-order valence-electron chi connectivity index (χ3n) is 4.48. The molecule has 9 heteroatoms. The van der Waals surface area contributed by atoms with E-state index in [1.54, 1.807) is 18.2 Å². The minimum absolute atomic E-state index is 0.291. The average Bonchev–Trinajstić information content (AvgIpc) is 2.87. The number of aryl methyl sites for hydroxylation is 1. The summed E-state index contributed by atoms with van der Waals surface area (Å²) >= 11 is 13.2. The number of thiophene rings is 1. The lowest BCUT2D eigenvalue weighted by Gasteiger charge is -2.07. The molecule has 0 saturated carbocycles. The van der Waals surface area contributed by atoms with Crippen LogP contribution in [0.2, 0.25) is 10.0 Å². The van der Waals surface area contributed by atoms with Crippen molar-refractivity contribution in [3.8, 4) is 0 Å². The summed E-state index contributed by atoms with van der Waals surface area (Å²) in [6.45, 7) is -0.291. The number of nitrogens with zero attached hydrogens (tertiary/aromatic N) is 1. The Morgan fingerprint density at radius 2 is 2.00 bits per heavy atom. The maximum absolute atomic E-state index is 12.3. The second kappa shape index (κ2) is 10.1. The van der Waals surface area contributed by atoms with Crippen molar-refractivity contribution >= 4 is 57.6 Å². The summed E-state index contributed by atoms with van der Waals surface area (Å²) in [7, 11) is 1.34. The Labute approximate surface area is 182 Å². The Balaban J connectivity index is 1.63. The fourth-order valence-electron chi connectivity index (χ4n) is 3.10. The van der Waals surface area contributed by atoms with Gasteiger partial charge in [-0.2, -0.15) is 0 Å². The number of amides is 1. The molecule has 0 atom stereocenters. The van der Waals surface area contributed by atoms with Crippen LogP contribution in [-0.4, -0.2) is 31.8 Å². The number of methoxy groups -OCH3 is 1. The van der Waals surface area contributed by atoms with Crippen molar-refractivity contribution in [3.63, 3.8) is 0 Å².